The number of carbonyl (C=O) groups is 1. The van der Waals surface area contributed by atoms with Crippen molar-refractivity contribution < 1.29 is 4.79 Å². The second kappa shape index (κ2) is 8.84. The number of hydrogen-bond donors (Lipinski definition) is 1. The van der Waals surface area contributed by atoms with Crippen LogP contribution in [0.25, 0.3) is 0 Å². The minimum absolute atomic E-state index is 0. The molecule has 0 aliphatic carbocycles. The van der Waals surface area contributed by atoms with E-state index in [1.807, 2.05) is 42.8 Å². The number of carbonyl (C=O) groups excluding carboxylic acids is 1. The summed E-state index contributed by atoms with van der Waals surface area (Å²) in [5, 5.41) is 12.4. The third-order valence-corrected chi connectivity index (χ3v) is 5.25. The number of nitrogens with one attached hydrogen (secondary N) is 1. The zero-order chi connectivity index (χ0) is 18.0. The van der Waals surface area contributed by atoms with E-state index in [0.29, 0.717) is 16.8 Å². The van der Waals surface area contributed by atoms with Crippen molar-refractivity contribution >= 4 is 29.9 Å². The van der Waals surface area contributed by atoms with E-state index in [2.05, 4.69) is 15.6 Å². The van der Waals surface area contributed by atoms with Crippen LogP contribution in [-0.2, 0) is 0 Å². The molecule has 1 N–H and O–H groups in total. The highest BCUT2D eigenvalue weighted by Crippen LogP contribution is 2.25. The van der Waals surface area contributed by atoms with E-state index in [9.17, 15) is 4.79 Å². The van der Waals surface area contributed by atoms with Crippen LogP contribution in [0.1, 0.15) is 53.6 Å². The van der Waals surface area contributed by atoms with Gasteiger partial charge in [-0.1, -0.05) is 28.9 Å². The van der Waals surface area contributed by atoms with Crippen molar-refractivity contribution in [1.29, 1.82) is 0 Å². The Morgan fingerprint density at radius 1 is 1.38 bits per heavy atom. The van der Waals surface area contributed by atoms with E-state index in [4.69, 9.17) is 11.6 Å². The Morgan fingerprint density at radius 2 is 2.08 bits per heavy atom. The molecule has 0 radical (unpaired) electrons. The molecule has 6 nitrogen and oxygen atoms in total. The minimum atomic E-state index is -0.120. The monoisotopic (exact) mass is 397 g/mol. The SMILES string of the molecule is Cc1c(C(=O)N(C)C(C)c2cccc(Cl)c2)nnn1C1CCNCC1.Cl. The van der Waals surface area contributed by atoms with Crippen LogP contribution in [-0.4, -0.2) is 45.9 Å². The Kier molecular flexibility index (Phi) is 7.03. The van der Waals surface area contributed by atoms with Crippen molar-refractivity contribution in [3.05, 3.63) is 46.2 Å². The van der Waals surface area contributed by atoms with Crippen LogP contribution in [0, 0.1) is 6.92 Å². The summed E-state index contributed by atoms with van der Waals surface area (Å²) in [6.45, 7) is 5.85. The molecule has 8 heteroatoms. The van der Waals surface area contributed by atoms with E-state index >= 15 is 0 Å². The zero-order valence-electron chi connectivity index (χ0n) is 15.3. The molecule has 1 aromatic heterocycles. The van der Waals surface area contributed by atoms with Gasteiger partial charge in [-0.15, -0.1) is 17.5 Å². The van der Waals surface area contributed by atoms with E-state index < -0.39 is 0 Å². The molecule has 3 rings (SSSR count). The van der Waals surface area contributed by atoms with Crippen LogP contribution in [0.3, 0.4) is 0 Å². The lowest BCUT2D eigenvalue weighted by molar-refractivity contribution is 0.0735. The van der Waals surface area contributed by atoms with Gasteiger partial charge in [0.25, 0.3) is 5.91 Å². The number of hydrogen-bond acceptors (Lipinski definition) is 4. The largest absolute Gasteiger partial charge is 0.333 e. The molecule has 0 bridgehead atoms. The van der Waals surface area contributed by atoms with Crippen LogP contribution >= 0.6 is 24.0 Å². The lowest BCUT2D eigenvalue weighted by Gasteiger charge is -2.25. The molecule has 0 spiro atoms. The van der Waals surface area contributed by atoms with Crippen molar-refractivity contribution in [2.24, 2.45) is 0 Å². The summed E-state index contributed by atoms with van der Waals surface area (Å²) in [7, 11) is 1.79. The molecule has 1 saturated heterocycles. The predicted octanol–water partition coefficient (Wildman–Crippen LogP) is 3.42. The van der Waals surface area contributed by atoms with Gasteiger partial charge in [0.2, 0.25) is 0 Å². The van der Waals surface area contributed by atoms with Gasteiger partial charge in [-0.05, 0) is 57.5 Å². The summed E-state index contributed by atoms with van der Waals surface area (Å²) in [5.41, 5.74) is 2.25. The number of halogens is 2. The van der Waals surface area contributed by atoms with Gasteiger partial charge in [-0.2, -0.15) is 0 Å². The van der Waals surface area contributed by atoms with Crippen LogP contribution in [0.15, 0.2) is 24.3 Å². The van der Waals surface area contributed by atoms with Gasteiger partial charge in [0.05, 0.1) is 17.8 Å². The first kappa shape index (κ1) is 20.7. The summed E-state index contributed by atoms with van der Waals surface area (Å²) in [6, 6.07) is 7.79. The number of amides is 1. The smallest absolute Gasteiger partial charge is 0.276 e. The second-order valence-electron chi connectivity index (χ2n) is 6.60. The highest BCUT2D eigenvalue weighted by molar-refractivity contribution is 6.30. The number of rotatable bonds is 4. The molecule has 1 atom stereocenters. The van der Waals surface area contributed by atoms with Crippen molar-refractivity contribution in [1.82, 2.24) is 25.2 Å². The maximum Gasteiger partial charge on any atom is 0.276 e. The van der Waals surface area contributed by atoms with Crippen molar-refractivity contribution in [3.63, 3.8) is 0 Å². The first-order chi connectivity index (χ1) is 12.0. The Morgan fingerprint density at radius 3 is 2.73 bits per heavy atom. The van der Waals surface area contributed by atoms with Gasteiger partial charge >= 0.3 is 0 Å². The molecule has 1 fully saturated rings. The van der Waals surface area contributed by atoms with Crippen molar-refractivity contribution in [2.45, 2.75) is 38.8 Å². The third-order valence-electron chi connectivity index (χ3n) is 5.02. The number of benzene rings is 1. The summed E-state index contributed by atoms with van der Waals surface area (Å²) in [4.78, 5) is 14.6. The fourth-order valence-electron chi connectivity index (χ4n) is 3.27. The quantitative estimate of drug-likeness (QED) is 0.857. The maximum atomic E-state index is 12.9. The van der Waals surface area contributed by atoms with E-state index in [1.54, 1.807) is 11.9 Å². The number of nitrogens with zero attached hydrogens (tertiary/aromatic N) is 4. The molecule has 2 heterocycles. The second-order valence-corrected chi connectivity index (χ2v) is 7.03. The van der Waals surface area contributed by atoms with Crippen LogP contribution in [0.4, 0.5) is 0 Å². The van der Waals surface area contributed by atoms with Crippen LogP contribution < -0.4 is 5.32 Å². The van der Waals surface area contributed by atoms with Gasteiger partial charge < -0.3 is 10.2 Å². The van der Waals surface area contributed by atoms with Crippen molar-refractivity contribution in [3.8, 4) is 0 Å². The molecule has 0 saturated carbocycles. The molecule has 1 aliphatic rings. The predicted molar refractivity (Wildman–Crippen MR) is 105 cm³/mol. The fourth-order valence-corrected chi connectivity index (χ4v) is 3.47. The first-order valence-corrected chi connectivity index (χ1v) is 9.02. The van der Waals surface area contributed by atoms with Crippen LogP contribution in [0.2, 0.25) is 5.02 Å². The Bertz CT molecular complexity index is 758. The molecule has 1 unspecified atom stereocenters. The van der Waals surface area contributed by atoms with Gasteiger partial charge in [-0.3, -0.25) is 4.79 Å². The summed E-state index contributed by atoms with van der Waals surface area (Å²) < 4.78 is 1.91. The van der Waals surface area contributed by atoms with Crippen LogP contribution in [0.5, 0.6) is 0 Å². The molecule has 1 aromatic carbocycles. The fraction of sp³-hybridized carbons (Fsp3) is 0.500. The summed E-state index contributed by atoms with van der Waals surface area (Å²) in [6.07, 6.45) is 2.01. The topological polar surface area (TPSA) is 63.1 Å². The molecular formula is C18H25Cl2N5O. The Hall–Kier alpha value is -1.63. The van der Waals surface area contributed by atoms with Crippen molar-refractivity contribution in [2.75, 3.05) is 20.1 Å². The van der Waals surface area contributed by atoms with Gasteiger partial charge in [-0.25, -0.2) is 4.68 Å². The molecule has 142 valence electrons. The summed E-state index contributed by atoms with van der Waals surface area (Å²) in [5.74, 6) is -0.120. The first-order valence-electron chi connectivity index (χ1n) is 8.64. The summed E-state index contributed by atoms with van der Waals surface area (Å²) >= 11 is 6.07. The van der Waals surface area contributed by atoms with E-state index in [0.717, 1.165) is 37.2 Å². The van der Waals surface area contributed by atoms with Gasteiger partial charge in [0.15, 0.2) is 5.69 Å². The number of aromatic nitrogens is 3. The lowest BCUT2D eigenvalue weighted by atomic mass is 10.1. The molecule has 26 heavy (non-hydrogen) atoms. The third kappa shape index (κ3) is 4.19. The average Bonchev–Trinajstić information content (AvgIpc) is 3.02. The lowest BCUT2D eigenvalue weighted by Crippen LogP contribution is -2.31. The molecular weight excluding hydrogens is 373 g/mol. The number of piperidine rings is 1. The van der Waals surface area contributed by atoms with Gasteiger partial charge in [0, 0.05) is 12.1 Å². The Balaban J connectivity index is 0.00000243. The van der Waals surface area contributed by atoms with Gasteiger partial charge in [0.1, 0.15) is 0 Å². The maximum absolute atomic E-state index is 12.9. The minimum Gasteiger partial charge on any atom is -0.333 e. The molecule has 2 aromatic rings. The average molecular weight is 398 g/mol. The Labute approximate surface area is 165 Å². The highest BCUT2D eigenvalue weighted by Gasteiger charge is 2.27. The standard InChI is InChI=1S/C18H24ClN5O.ClH/c1-12(14-5-4-6-15(19)11-14)23(3)18(25)17-13(2)24(22-21-17)16-7-9-20-10-8-16;/h4-6,11-12,16,20H,7-10H2,1-3H3;1H. The normalized spacial score (nSPS) is 16.0. The van der Waals surface area contributed by atoms with E-state index in [-0.39, 0.29) is 24.4 Å². The zero-order valence-corrected chi connectivity index (χ0v) is 16.8. The molecule has 1 amide bonds. The highest BCUT2D eigenvalue weighted by atomic mass is 35.5. The molecule has 1 aliphatic heterocycles. The van der Waals surface area contributed by atoms with E-state index in [1.165, 1.54) is 0 Å².